The van der Waals surface area contributed by atoms with Gasteiger partial charge < -0.3 is 0 Å². The second-order valence-corrected chi connectivity index (χ2v) is 10.9. The van der Waals surface area contributed by atoms with Crippen molar-refractivity contribution in [3.8, 4) is 0 Å². The Morgan fingerprint density at radius 1 is 1.21 bits per heavy atom. The number of hydrogen-bond donors (Lipinski definition) is 1. The van der Waals surface area contributed by atoms with E-state index in [1.54, 1.807) is 18.2 Å². The Morgan fingerprint density at radius 3 is 2.64 bits per heavy atom. The molecule has 0 saturated carbocycles. The quantitative estimate of drug-likeness (QED) is 0.649. The summed E-state index contributed by atoms with van der Waals surface area (Å²) in [5, 5.41) is 3.32. The Balaban J connectivity index is 1.58. The van der Waals surface area contributed by atoms with Gasteiger partial charge in [-0.2, -0.15) is 4.31 Å². The summed E-state index contributed by atoms with van der Waals surface area (Å²) in [6, 6.07) is 6.85. The van der Waals surface area contributed by atoms with Crippen LogP contribution < -0.4 is 5.32 Å². The van der Waals surface area contributed by atoms with Crippen molar-refractivity contribution >= 4 is 54.0 Å². The van der Waals surface area contributed by atoms with Gasteiger partial charge in [-0.15, -0.1) is 11.3 Å². The zero-order valence-electron chi connectivity index (χ0n) is 15.7. The summed E-state index contributed by atoms with van der Waals surface area (Å²) < 4.78 is 27.8. The third-order valence-corrected chi connectivity index (χ3v) is 9.06. The Hall–Kier alpha value is -1.81. The lowest BCUT2D eigenvalue weighted by Crippen LogP contribution is -2.27. The first-order valence-corrected chi connectivity index (χ1v) is 12.3. The minimum Gasteiger partial charge on any atom is -0.297 e. The maximum Gasteiger partial charge on any atom is 0.267 e. The number of fused-ring (bicyclic) bond motifs is 1. The van der Waals surface area contributed by atoms with Crippen LogP contribution in [0.25, 0.3) is 10.2 Å². The normalized spacial score (nSPS) is 15.4. The maximum atomic E-state index is 12.8. The van der Waals surface area contributed by atoms with Crippen LogP contribution in [0, 0.1) is 6.92 Å². The molecule has 3 aromatic rings. The van der Waals surface area contributed by atoms with E-state index in [1.165, 1.54) is 31.9 Å². The standard InChI is InChI=1S/C19H21N3O3S3/c1-3-15-12(2)10-17(26-15)18(23)21-19-20-14-7-6-13(11-16(14)27-19)28(24,25)22-8-4-5-9-22/h6-7,10-11H,3-5,8-9H2,1-2H3,(H,20,21,23). The van der Waals surface area contributed by atoms with E-state index in [0.29, 0.717) is 28.6 Å². The topological polar surface area (TPSA) is 79.4 Å². The number of anilines is 1. The Bertz CT molecular complexity index is 1140. The van der Waals surface area contributed by atoms with Gasteiger partial charge in [-0.3, -0.25) is 10.1 Å². The Kier molecular flexibility index (Phi) is 5.26. The molecule has 4 rings (SSSR count). The Morgan fingerprint density at radius 2 is 1.96 bits per heavy atom. The number of carbonyl (C=O) groups excluding carboxylic acids is 1. The van der Waals surface area contributed by atoms with Gasteiger partial charge in [-0.25, -0.2) is 13.4 Å². The van der Waals surface area contributed by atoms with Crippen molar-refractivity contribution in [1.29, 1.82) is 0 Å². The minimum atomic E-state index is -3.47. The molecule has 1 aromatic carbocycles. The fourth-order valence-corrected chi connectivity index (χ4v) is 6.87. The van der Waals surface area contributed by atoms with Crippen molar-refractivity contribution in [2.24, 2.45) is 0 Å². The zero-order valence-corrected chi connectivity index (χ0v) is 18.1. The number of nitrogens with zero attached hydrogens (tertiary/aromatic N) is 2. The molecule has 1 fully saturated rings. The summed E-state index contributed by atoms with van der Waals surface area (Å²) in [7, 11) is -3.47. The lowest BCUT2D eigenvalue weighted by molar-refractivity contribution is 0.103. The van der Waals surface area contributed by atoms with Gasteiger partial charge in [0.15, 0.2) is 5.13 Å². The van der Waals surface area contributed by atoms with Gasteiger partial charge in [-0.05, 0) is 56.0 Å². The van der Waals surface area contributed by atoms with E-state index >= 15 is 0 Å². The highest BCUT2D eigenvalue weighted by molar-refractivity contribution is 7.89. The zero-order chi connectivity index (χ0) is 19.9. The van der Waals surface area contributed by atoms with Crippen LogP contribution in [-0.4, -0.2) is 36.7 Å². The number of thiazole rings is 1. The van der Waals surface area contributed by atoms with Crippen molar-refractivity contribution in [1.82, 2.24) is 9.29 Å². The summed E-state index contributed by atoms with van der Waals surface area (Å²) in [5.74, 6) is -0.184. The molecule has 1 saturated heterocycles. The van der Waals surface area contributed by atoms with Crippen LogP contribution in [0.15, 0.2) is 29.2 Å². The number of thiophene rings is 1. The van der Waals surface area contributed by atoms with Crippen LogP contribution in [0.2, 0.25) is 0 Å². The highest BCUT2D eigenvalue weighted by Gasteiger charge is 2.27. The van der Waals surface area contributed by atoms with Gasteiger partial charge in [0.05, 0.1) is 20.0 Å². The van der Waals surface area contributed by atoms with E-state index in [-0.39, 0.29) is 10.8 Å². The fraction of sp³-hybridized carbons (Fsp3) is 0.368. The molecule has 6 nitrogen and oxygen atoms in total. The van der Waals surface area contributed by atoms with E-state index in [0.717, 1.165) is 29.5 Å². The van der Waals surface area contributed by atoms with E-state index in [2.05, 4.69) is 17.2 Å². The van der Waals surface area contributed by atoms with Crippen molar-refractivity contribution in [2.75, 3.05) is 18.4 Å². The molecule has 2 aromatic heterocycles. The SMILES string of the molecule is CCc1sc(C(=O)Nc2nc3ccc(S(=O)(=O)N4CCCC4)cc3s2)cc1C. The number of rotatable bonds is 5. The van der Waals surface area contributed by atoms with Gasteiger partial charge >= 0.3 is 0 Å². The first-order chi connectivity index (χ1) is 13.4. The number of sulfonamides is 1. The first kappa shape index (κ1) is 19.5. The number of nitrogens with one attached hydrogen (secondary N) is 1. The van der Waals surface area contributed by atoms with Crippen LogP contribution >= 0.6 is 22.7 Å². The van der Waals surface area contributed by atoms with Crippen LogP contribution in [0.5, 0.6) is 0 Å². The number of aryl methyl sites for hydroxylation is 2. The van der Waals surface area contributed by atoms with Crippen LogP contribution in [-0.2, 0) is 16.4 Å². The molecule has 28 heavy (non-hydrogen) atoms. The first-order valence-electron chi connectivity index (χ1n) is 9.20. The molecule has 0 aliphatic carbocycles. The van der Waals surface area contributed by atoms with Gasteiger partial charge in [-0.1, -0.05) is 18.3 Å². The number of amides is 1. The molecular formula is C19H21N3O3S3. The smallest absolute Gasteiger partial charge is 0.267 e. The summed E-state index contributed by atoms with van der Waals surface area (Å²) in [4.78, 5) is 19.1. The fourth-order valence-electron chi connectivity index (χ4n) is 3.34. The predicted molar refractivity (Wildman–Crippen MR) is 114 cm³/mol. The van der Waals surface area contributed by atoms with E-state index < -0.39 is 10.0 Å². The van der Waals surface area contributed by atoms with E-state index in [1.807, 2.05) is 13.0 Å². The molecule has 0 unspecified atom stereocenters. The Labute approximate surface area is 172 Å². The van der Waals surface area contributed by atoms with Crippen molar-refractivity contribution in [2.45, 2.75) is 38.0 Å². The summed E-state index contributed by atoms with van der Waals surface area (Å²) in [6.07, 6.45) is 2.71. The van der Waals surface area contributed by atoms with Crippen LogP contribution in [0.4, 0.5) is 5.13 Å². The number of benzene rings is 1. The summed E-state index contributed by atoms with van der Waals surface area (Å²) in [5.41, 5.74) is 1.80. The average molecular weight is 436 g/mol. The molecule has 0 atom stereocenters. The van der Waals surface area contributed by atoms with Gasteiger partial charge in [0.25, 0.3) is 5.91 Å². The lowest BCUT2D eigenvalue weighted by atomic mass is 10.2. The minimum absolute atomic E-state index is 0.184. The molecule has 1 N–H and O–H groups in total. The van der Waals surface area contributed by atoms with E-state index in [9.17, 15) is 13.2 Å². The highest BCUT2D eigenvalue weighted by atomic mass is 32.2. The third-order valence-electron chi connectivity index (χ3n) is 4.85. The molecule has 1 amide bonds. The molecule has 148 valence electrons. The predicted octanol–water partition coefficient (Wildman–Crippen LogP) is 4.27. The van der Waals surface area contributed by atoms with Crippen LogP contribution in [0.1, 0.15) is 39.9 Å². The maximum absolute atomic E-state index is 12.8. The molecule has 0 bridgehead atoms. The second kappa shape index (κ2) is 7.55. The number of aromatic nitrogens is 1. The third kappa shape index (κ3) is 3.59. The molecule has 1 aliphatic rings. The highest BCUT2D eigenvalue weighted by Crippen LogP contribution is 2.31. The van der Waals surface area contributed by atoms with Gasteiger partial charge in [0.2, 0.25) is 10.0 Å². The molecule has 0 spiro atoms. The monoisotopic (exact) mass is 435 g/mol. The average Bonchev–Trinajstić information content (AvgIpc) is 3.40. The summed E-state index contributed by atoms with van der Waals surface area (Å²) >= 11 is 2.78. The van der Waals surface area contributed by atoms with Crippen LogP contribution in [0.3, 0.4) is 0 Å². The van der Waals surface area contributed by atoms with Crippen molar-refractivity contribution in [3.63, 3.8) is 0 Å². The number of carbonyl (C=O) groups is 1. The van der Waals surface area contributed by atoms with Gasteiger partial charge in [0.1, 0.15) is 0 Å². The lowest BCUT2D eigenvalue weighted by Gasteiger charge is -2.15. The molecule has 9 heteroatoms. The summed E-state index contributed by atoms with van der Waals surface area (Å²) in [6.45, 7) is 5.22. The second-order valence-electron chi connectivity index (χ2n) is 6.78. The molecule has 1 aliphatic heterocycles. The molecule has 0 radical (unpaired) electrons. The van der Waals surface area contributed by atoms with E-state index in [4.69, 9.17) is 0 Å². The largest absolute Gasteiger partial charge is 0.297 e. The van der Waals surface area contributed by atoms with Crippen molar-refractivity contribution in [3.05, 3.63) is 39.6 Å². The molecule has 3 heterocycles. The molecular weight excluding hydrogens is 414 g/mol. The van der Waals surface area contributed by atoms with Crippen molar-refractivity contribution < 1.29 is 13.2 Å². The number of hydrogen-bond acceptors (Lipinski definition) is 6. The van der Waals surface area contributed by atoms with Gasteiger partial charge in [0, 0.05) is 18.0 Å².